The first-order chi connectivity index (χ1) is 16.0. The number of benzene rings is 3. The van der Waals surface area contributed by atoms with E-state index in [9.17, 15) is 14.7 Å². The fraction of sp³-hybridized carbons (Fsp3) is 0.286. The van der Waals surface area contributed by atoms with Gasteiger partial charge >= 0.3 is 0 Å². The molecule has 2 bridgehead atoms. The highest BCUT2D eigenvalue weighted by molar-refractivity contribution is 6.23. The van der Waals surface area contributed by atoms with Crippen molar-refractivity contribution in [3.8, 4) is 5.75 Å². The highest BCUT2D eigenvalue weighted by Crippen LogP contribution is 2.65. The molecule has 3 aromatic carbocycles. The third kappa shape index (κ3) is 2.40. The highest BCUT2D eigenvalue weighted by atomic mass is 16.5. The van der Waals surface area contributed by atoms with Crippen LogP contribution in [-0.2, 0) is 15.0 Å². The number of carbonyl (C=O) groups is 2. The molecule has 1 heterocycles. The molecule has 3 atom stereocenters. The zero-order chi connectivity index (χ0) is 22.9. The van der Waals surface area contributed by atoms with Crippen molar-refractivity contribution in [1.29, 1.82) is 0 Å². The van der Waals surface area contributed by atoms with Crippen molar-refractivity contribution in [3.63, 3.8) is 0 Å². The van der Waals surface area contributed by atoms with Crippen LogP contribution in [0.15, 0.2) is 72.8 Å². The van der Waals surface area contributed by atoms with Crippen molar-refractivity contribution in [3.05, 3.63) is 95.1 Å². The third-order valence-corrected chi connectivity index (χ3v) is 7.75. The first kappa shape index (κ1) is 20.2. The molecule has 1 saturated heterocycles. The van der Waals surface area contributed by atoms with E-state index in [1.165, 1.54) is 4.90 Å². The van der Waals surface area contributed by atoms with Gasteiger partial charge in [-0.25, -0.2) is 4.90 Å². The number of hydrogen-bond acceptors (Lipinski definition) is 4. The molecule has 5 nitrogen and oxygen atoms in total. The van der Waals surface area contributed by atoms with Crippen LogP contribution >= 0.6 is 0 Å². The van der Waals surface area contributed by atoms with Crippen molar-refractivity contribution in [2.24, 2.45) is 11.8 Å². The first-order valence-electron chi connectivity index (χ1n) is 11.5. The van der Waals surface area contributed by atoms with Gasteiger partial charge < -0.3 is 9.84 Å². The molecule has 33 heavy (non-hydrogen) atoms. The summed E-state index contributed by atoms with van der Waals surface area (Å²) >= 11 is 0. The minimum absolute atomic E-state index is 0.201. The molecule has 2 amide bonds. The summed E-state index contributed by atoms with van der Waals surface area (Å²) in [6, 6.07) is 23.0. The van der Waals surface area contributed by atoms with E-state index in [4.69, 9.17) is 4.74 Å². The lowest BCUT2D eigenvalue weighted by Crippen LogP contribution is -2.58. The average molecular weight is 440 g/mol. The van der Waals surface area contributed by atoms with Crippen LogP contribution in [0.1, 0.15) is 42.0 Å². The number of amides is 2. The van der Waals surface area contributed by atoms with Crippen LogP contribution in [0.5, 0.6) is 5.75 Å². The number of anilines is 1. The fourth-order valence-corrected chi connectivity index (χ4v) is 6.65. The summed E-state index contributed by atoms with van der Waals surface area (Å²) in [5.41, 5.74) is 3.55. The van der Waals surface area contributed by atoms with Gasteiger partial charge in [0.2, 0.25) is 11.8 Å². The van der Waals surface area contributed by atoms with Crippen molar-refractivity contribution in [1.82, 2.24) is 0 Å². The monoisotopic (exact) mass is 439 g/mol. The number of aliphatic hydroxyl groups is 1. The summed E-state index contributed by atoms with van der Waals surface area (Å²) < 4.78 is 5.53. The van der Waals surface area contributed by atoms with Crippen molar-refractivity contribution < 1.29 is 19.4 Å². The zero-order valence-electron chi connectivity index (χ0n) is 18.6. The van der Waals surface area contributed by atoms with Crippen LogP contribution in [0.3, 0.4) is 0 Å². The zero-order valence-corrected chi connectivity index (χ0v) is 18.6. The molecule has 1 fully saturated rings. The van der Waals surface area contributed by atoms with Gasteiger partial charge in [-0.2, -0.15) is 0 Å². The van der Waals surface area contributed by atoms with E-state index >= 15 is 0 Å². The molecular weight excluding hydrogens is 414 g/mol. The minimum atomic E-state index is -0.973. The maximum Gasteiger partial charge on any atom is 0.239 e. The predicted molar refractivity (Wildman–Crippen MR) is 124 cm³/mol. The SMILES string of the molecule is CCOc1ccc(N2C(=O)[C@@H]3C4c5ccccc5C([C@H](C)O)(c5ccccc54)[C@@H]3C2=O)cc1. The highest BCUT2D eigenvalue weighted by Gasteiger charge is 2.69. The number of aliphatic hydroxyl groups excluding tert-OH is 1. The van der Waals surface area contributed by atoms with Gasteiger partial charge in [0.15, 0.2) is 0 Å². The molecule has 5 heteroatoms. The summed E-state index contributed by atoms with van der Waals surface area (Å²) in [5.74, 6) is -1.18. The predicted octanol–water partition coefficient (Wildman–Crippen LogP) is 4.02. The second-order valence-electron chi connectivity index (χ2n) is 9.14. The lowest BCUT2D eigenvalue weighted by atomic mass is 9.46. The van der Waals surface area contributed by atoms with Crippen molar-refractivity contribution in [2.45, 2.75) is 31.3 Å². The van der Waals surface area contributed by atoms with Gasteiger partial charge in [-0.15, -0.1) is 0 Å². The Balaban J connectivity index is 1.58. The lowest BCUT2D eigenvalue weighted by Gasteiger charge is -2.55. The van der Waals surface area contributed by atoms with Crippen LogP contribution in [0, 0.1) is 11.8 Å². The Morgan fingerprint density at radius 2 is 1.48 bits per heavy atom. The molecule has 0 saturated carbocycles. The summed E-state index contributed by atoms with van der Waals surface area (Å²) in [4.78, 5) is 29.3. The number of imide groups is 1. The Morgan fingerprint density at radius 1 is 0.909 bits per heavy atom. The van der Waals surface area contributed by atoms with Crippen molar-refractivity contribution >= 4 is 17.5 Å². The summed E-state index contributed by atoms with van der Waals surface area (Å²) in [5, 5.41) is 11.4. The molecule has 3 aliphatic carbocycles. The van der Waals surface area contributed by atoms with Crippen LogP contribution in [0.25, 0.3) is 0 Å². The number of nitrogens with zero attached hydrogens (tertiary/aromatic N) is 1. The average Bonchev–Trinajstić information content (AvgIpc) is 3.10. The lowest BCUT2D eigenvalue weighted by molar-refractivity contribution is -0.126. The van der Waals surface area contributed by atoms with Crippen molar-refractivity contribution in [2.75, 3.05) is 11.5 Å². The van der Waals surface area contributed by atoms with E-state index in [2.05, 4.69) is 0 Å². The number of rotatable bonds is 4. The van der Waals surface area contributed by atoms with Gasteiger partial charge in [0.25, 0.3) is 0 Å². The fourth-order valence-electron chi connectivity index (χ4n) is 6.65. The van der Waals surface area contributed by atoms with Gasteiger partial charge in [0.05, 0.1) is 35.6 Å². The van der Waals surface area contributed by atoms with E-state index in [0.29, 0.717) is 18.0 Å². The smallest absolute Gasteiger partial charge is 0.239 e. The van der Waals surface area contributed by atoms with E-state index in [0.717, 1.165) is 22.3 Å². The van der Waals surface area contributed by atoms with E-state index in [-0.39, 0.29) is 17.7 Å². The van der Waals surface area contributed by atoms with Gasteiger partial charge in [-0.05, 0) is 60.4 Å². The first-order valence-corrected chi connectivity index (χ1v) is 11.5. The molecule has 0 radical (unpaired) electrons. The second-order valence-corrected chi connectivity index (χ2v) is 9.14. The second kappa shape index (κ2) is 7.03. The van der Waals surface area contributed by atoms with Crippen LogP contribution < -0.4 is 9.64 Å². The molecule has 0 unspecified atom stereocenters. The Bertz CT molecular complexity index is 1230. The Morgan fingerprint density at radius 3 is 2.03 bits per heavy atom. The standard InChI is InChI=1S/C28H25NO4/c1-3-33-18-14-12-17(13-15-18)29-26(31)24-23-19-8-4-6-10-21(19)28(16(2)30,25(24)27(29)32)22-11-7-5-9-20(22)23/h4-16,23-25,30H,3H2,1-2H3/t16-,23?,24+,25-,28?/m0/s1. The third-order valence-electron chi connectivity index (χ3n) is 7.75. The molecule has 0 aromatic heterocycles. The van der Waals surface area contributed by atoms with E-state index in [1.54, 1.807) is 31.2 Å². The number of ether oxygens (including phenoxy) is 1. The molecule has 4 aliphatic rings. The van der Waals surface area contributed by atoms with Crippen LogP contribution in [0.4, 0.5) is 5.69 Å². The summed E-state index contributed by atoms with van der Waals surface area (Å²) in [6.45, 7) is 4.19. The topological polar surface area (TPSA) is 66.8 Å². The Kier molecular flexibility index (Phi) is 4.30. The van der Waals surface area contributed by atoms with Crippen LogP contribution in [-0.4, -0.2) is 29.6 Å². The summed E-state index contributed by atoms with van der Waals surface area (Å²) in [6.07, 6.45) is -0.856. The Hall–Kier alpha value is -3.44. The quantitative estimate of drug-likeness (QED) is 0.624. The maximum atomic E-state index is 14.0. The molecule has 166 valence electrons. The van der Waals surface area contributed by atoms with Gasteiger partial charge in [-0.3, -0.25) is 9.59 Å². The van der Waals surface area contributed by atoms with Gasteiger partial charge in [-0.1, -0.05) is 48.5 Å². The molecular formula is C28H25NO4. The molecule has 1 aliphatic heterocycles. The normalized spacial score (nSPS) is 27.7. The minimum Gasteiger partial charge on any atom is -0.494 e. The Labute approximate surface area is 192 Å². The van der Waals surface area contributed by atoms with E-state index < -0.39 is 23.4 Å². The molecule has 0 spiro atoms. The largest absolute Gasteiger partial charge is 0.494 e. The number of carbonyl (C=O) groups excluding carboxylic acids is 2. The van der Waals surface area contributed by atoms with Gasteiger partial charge in [0, 0.05) is 5.92 Å². The summed E-state index contributed by atoms with van der Waals surface area (Å²) in [7, 11) is 0. The maximum absolute atomic E-state index is 14.0. The van der Waals surface area contributed by atoms with E-state index in [1.807, 2.05) is 55.5 Å². The molecule has 7 rings (SSSR count). The number of hydrogen-bond donors (Lipinski definition) is 1. The van der Waals surface area contributed by atoms with Gasteiger partial charge in [0.1, 0.15) is 5.75 Å². The molecule has 1 N–H and O–H groups in total. The molecule has 3 aromatic rings. The van der Waals surface area contributed by atoms with Crippen LogP contribution in [0.2, 0.25) is 0 Å².